The van der Waals surface area contributed by atoms with E-state index in [2.05, 4.69) is 9.47 Å². The first kappa shape index (κ1) is 15.6. The van der Waals surface area contributed by atoms with E-state index in [-0.39, 0.29) is 0 Å². The van der Waals surface area contributed by atoms with Crippen LogP contribution >= 0.6 is 11.9 Å². The summed E-state index contributed by atoms with van der Waals surface area (Å²) in [6.07, 6.45) is 0. The molecule has 0 fully saturated rings. The first-order valence-corrected chi connectivity index (χ1v) is 5.76. The average Bonchev–Trinajstić information content (AvgIpc) is 2.35. The van der Waals surface area contributed by atoms with Crippen molar-refractivity contribution in [3.63, 3.8) is 0 Å². The summed E-state index contributed by atoms with van der Waals surface area (Å²) in [5, 5.41) is 6.78. The van der Waals surface area contributed by atoms with E-state index < -0.39 is 17.4 Å². The molecular formula is C9H17N3O4S. The van der Waals surface area contributed by atoms with Crippen molar-refractivity contribution in [1.29, 1.82) is 5.41 Å². The van der Waals surface area contributed by atoms with Crippen LogP contribution in [0, 0.1) is 5.41 Å². The molecule has 0 rings (SSSR count). The molecule has 0 aliphatic rings. The minimum Gasteiger partial charge on any atom is -0.468 e. The number of urea groups is 1. The van der Waals surface area contributed by atoms with Crippen molar-refractivity contribution in [3.8, 4) is 0 Å². The van der Waals surface area contributed by atoms with Gasteiger partial charge in [-0.2, -0.15) is 4.31 Å². The van der Waals surface area contributed by atoms with Crippen molar-refractivity contribution in [2.24, 2.45) is 0 Å². The van der Waals surface area contributed by atoms with Gasteiger partial charge in [-0.25, -0.2) is 9.59 Å². The molecule has 98 valence electrons. The van der Waals surface area contributed by atoms with Gasteiger partial charge in [0.1, 0.15) is 0 Å². The molecular weight excluding hydrogens is 246 g/mol. The molecule has 0 radical (unpaired) electrons. The molecule has 1 N–H and O–H groups in total. The van der Waals surface area contributed by atoms with E-state index in [9.17, 15) is 9.59 Å². The van der Waals surface area contributed by atoms with E-state index >= 15 is 0 Å². The number of ether oxygens (including phenoxy) is 2. The third kappa shape index (κ3) is 4.51. The Labute approximate surface area is 105 Å². The van der Waals surface area contributed by atoms with Crippen molar-refractivity contribution in [2.45, 2.75) is 13.8 Å². The van der Waals surface area contributed by atoms with Gasteiger partial charge in [-0.3, -0.25) is 5.41 Å². The van der Waals surface area contributed by atoms with Crippen LogP contribution < -0.4 is 0 Å². The average molecular weight is 263 g/mol. The van der Waals surface area contributed by atoms with Crippen molar-refractivity contribution in [1.82, 2.24) is 9.21 Å². The van der Waals surface area contributed by atoms with Crippen molar-refractivity contribution < 1.29 is 19.1 Å². The van der Waals surface area contributed by atoms with Crippen molar-refractivity contribution in [3.05, 3.63) is 0 Å². The van der Waals surface area contributed by atoms with Crippen LogP contribution in [-0.4, -0.2) is 53.9 Å². The van der Waals surface area contributed by atoms with Crippen LogP contribution in [-0.2, 0) is 9.47 Å². The first-order chi connectivity index (χ1) is 8.01. The SMILES string of the molecule is CCN(CC)C(=O)N(SC(=O)OC)C(=N)OC. The summed E-state index contributed by atoms with van der Waals surface area (Å²) in [6.45, 7) is 4.56. The predicted molar refractivity (Wildman–Crippen MR) is 64.9 cm³/mol. The fourth-order valence-corrected chi connectivity index (χ4v) is 1.56. The maximum absolute atomic E-state index is 12.0. The number of nitrogens with zero attached hydrogens (tertiary/aromatic N) is 2. The van der Waals surface area contributed by atoms with Gasteiger partial charge >= 0.3 is 17.4 Å². The third-order valence-electron chi connectivity index (χ3n) is 1.92. The monoisotopic (exact) mass is 263 g/mol. The van der Waals surface area contributed by atoms with Crippen LogP contribution in [0.25, 0.3) is 0 Å². The van der Waals surface area contributed by atoms with E-state index in [0.29, 0.717) is 25.0 Å². The Morgan fingerprint density at radius 2 is 1.71 bits per heavy atom. The quantitative estimate of drug-likeness (QED) is 0.355. The number of rotatable bonds is 2. The van der Waals surface area contributed by atoms with E-state index in [4.69, 9.17) is 5.41 Å². The molecule has 0 saturated carbocycles. The second-order valence-corrected chi connectivity index (χ2v) is 3.68. The highest BCUT2D eigenvalue weighted by Crippen LogP contribution is 2.16. The van der Waals surface area contributed by atoms with E-state index in [0.717, 1.165) is 4.31 Å². The smallest absolute Gasteiger partial charge is 0.388 e. The van der Waals surface area contributed by atoms with Gasteiger partial charge in [-0.05, 0) is 13.8 Å². The molecule has 17 heavy (non-hydrogen) atoms. The van der Waals surface area contributed by atoms with Crippen molar-refractivity contribution >= 4 is 29.3 Å². The lowest BCUT2D eigenvalue weighted by atomic mass is 10.5. The Morgan fingerprint density at radius 1 is 1.18 bits per heavy atom. The normalized spacial score (nSPS) is 9.41. The summed E-state index contributed by atoms with van der Waals surface area (Å²) < 4.78 is 9.93. The molecule has 7 nitrogen and oxygen atoms in total. The summed E-state index contributed by atoms with van der Waals surface area (Å²) in [7, 11) is 2.45. The molecule has 2 amide bonds. The standard InChI is InChI=1S/C9H17N3O4S/c1-5-11(6-2)8(13)12(7(10)15-3)17-9(14)16-4/h10H,5-6H2,1-4H3. The number of nitrogens with one attached hydrogen (secondary N) is 1. The summed E-state index contributed by atoms with van der Waals surface area (Å²) in [6, 6.07) is -0.908. The number of amidine groups is 1. The summed E-state index contributed by atoms with van der Waals surface area (Å²) in [4.78, 5) is 24.5. The molecule has 8 heteroatoms. The van der Waals surface area contributed by atoms with Gasteiger partial charge in [0.05, 0.1) is 26.2 Å². The zero-order chi connectivity index (χ0) is 13.4. The second kappa shape index (κ2) is 7.77. The Morgan fingerprint density at radius 3 is 2.06 bits per heavy atom. The Balaban J connectivity index is 4.84. The molecule has 0 bridgehead atoms. The molecule has 0 aliphatic carbocycles. The zero-order valence-corrected chi connectivity index (χ0v) is 11.2. The van der Waals surface area contributed by atoms with Gasteiger partial charge in [0.2, 0.25) is 0 Å². The zero-order valence-electron chi connectivity index (χ0n) is 10.3. The van der Waals surface area contributed by atoms with Gasteiger partial charge in [0, 0.05) is 13.1 Å². The van der Waals surface area contributed by atoms with Gasteiger partial charge in [-0.15, -0.1) is 0 Å². The molecule has 0 spiro atoms. The minimum atomic E-state index is -0.688. The molecule has 0 atom stereocenters. The van der Waals surface area contributed by atoms with Crippen LogP contribution in [0.4, 0.5) is 9.59 Å². The van der Waals surface area contributed by atoms with Crippen LogP contribution in [0.5, 0.6) is 0 Å². The Kier molecular flexibility index (Phi) is 7.11. The highest BCUT2D eigenvalue weighted by Gasteiger charge is 2.27. The Hall–Kier alpha value is -1.44. The third-order valence-corrected chi connectivity index (χ3v) is 2.74. The predicted octanol–water partition coefficient (Wildman–Crippen LogP) is 1.75. The Bertz CT molecular complexity index is 294. The molecule has 0 aliphatic heterocycles. The maximum atomic E-state index is 12.0. The largest absolute Gasteiger partial charge is 0.468 e. The molecule has 0 aromatic heterocycles. The van der Waals surface area contributed by atoms with Crippen LogP contribution in [0.2, 0.25) is 0 Å². The maximum Gasteiger partial charge on any atom is 0.388 e. The highest BCUT2D eigenvalue weighted by molar-refractivity contribution is 8.12. The lowest BCUT2D eigenvalue weighted by Crippen LogP contribution is -2.43. The molecule has 0 heterocycles. The number of carbonyl (C=O) groups excluding carboxylic acids is 2. The van der Waals surface area contributed by atoms with Crippen molar-refractivity contribution in [2.75, 3.05) is 27.3 Å². The number of hydrogen-bond acceptors (Lipinski definition) is 6. The molecule has 0 unspecified atom stereocenters. The number of methoxy groups -OCH3 is 2. The highest BCUT2D eigenvalue weighted by atomic mass is 32.2. The van der Waals surface area contributed by atoms with Crippen LogP contribution in [0.15, 0.2) is 0 Å². The topological polar surface area (TPSA) is 82.9 Å². The fraction of sp³-hybridized carbons (Fsp3) is 0.667. The minimum absolute atomic E-state index is 0.419. The fourth-order valence-electron chi connectivity index (χ4n) is 0.985. The number of amides is 2. The van der Waals surface area contributed by atoms with Gasteiger partial charge in [-0.1, -0.05) is 0 Å². The molecule has 0 aromatic rings. The van der Waals surface area contributed by atoms with Gasteiger partial charge in [0.25, 0.3) is 0 Å². The van der Waals surface area contributed by atoms with Gasteiger partial charge in [0.15, 0.2) is 0 Å². The first-order valence-electron chi connectivity index (χ1n) is 4.99. The summed E-state index contributed by atoms with van der Waals surface area (Å²) in [5.41, 5.74) is 0. The van der Waals surface area contributed by atoms with E-state index in [1.54, 1.807) is 13.8 Å². The second-order valence-electron chi connectivity index (χ2n) is 2.80. The lowest BCUT2D eigenvalue weighted by Gasteiger charge is -2.26. The summed E-state index contributed by atoms with van der Waals surface area (Å²) >= 11 is 0.476. The van der Waals surface area contributed by atoms with Crippen LogP contribution in [0.1, 0.15) is 13.8 Å². The molecule has 0 saturated heterocycles. The summed E-state index contributed by atoms with van der Waals surface area (Å²) in [5.74, 6) is 0. The lowest BCUT2D eigenvalue weighted by molar-refractivity contribution is 0.187. The number of carbonyl (C=O) groups is 2. The van der Waals surface area contributed by atoms with E-state index in [1.165, 1.54) is 19.1 Å². The molecule has 0 aromatic carbocycles. The van der Waals surface area contributed by atoms with E-state index in [1.807, 2.05) is 0 Å². The van der Waals surface area contributed by atoms with Gasteiger partial charge < -0.3 is 14.4 Å². The van der Waals surface area contributed by atoms with Crippen LogP contribution in [0.3, 0.4) is 0 Å². The number of hydrogen-bond donors (Lipinski definition) is 1.